The van der Waals surface area contributed by atoms with E-state index in [9.17, 15) is 13.2 Å². The lowest BCUT2D eigenvalue weighted by atomic mass is 10.1. The van der Waals surface area contributed by atoms with Gasteiger partial charge in [0.1, 0.15) is 5.75 Å². The highest BCUT2D eigenvalue weighted by Crippen LogP contribution is 2.23. The number of sulfone groups is 1. The van der Waals surface area contributed by atoms with E-state index in [-0.39, 0.29) is 23.5 Å². The highest BCUT2D eigenvalue weighted by Gasteiger charge is 2.35. The zero-order valence-corrected chi connectivity index (χ0v) is 16.3. The number of ether oxygens (including phenoxy) is 1. The van der Waals surface area contributed by atoms with Crippen LogP contribution < -0.4 is 4.74 Å². The van der Waals surface area contributed by atoms with Gasteiger partial charge in [0, 0.05) is 18.2 Å². The van der Waals surface area contributed by atoms with Gasteiger partial charge >= 0.3 is 0 Å². The normalized spacial score (nSPS) is 18.2. The first-order chi connectivity index (χ1) is 13.0. The minimum atomic E-state index is -3.08. The molecule has 0 N–H and O–H groups in total. The van der Waals surface area contributed by atoms with Gasteiger partial charge in [-0.05, 0) is 42.7 Å². The molecule has 1 saturated heterocycles. The number of nitrogens with zero attached hydrogens (tertiary/aromatic N) is 1. The van der Waals surface area contributed by atoms with Crippen LogP contribution in [0.2, 0.25) is 0 Å². The van der Waals surface area contributed by atoms with Crippen LogP contribution in [0.1, 0.15) is 35.7 Å². The predicted molar refractivity (Wildman–Crippen MR) is 106 cm³/mol. The first-order valence-corrected chi connectivity index (χ1v) is 11.1. The summed E-state index contributed by atoms with van der Waals surface area (Å²) in [5.74, 6) is 0.748. The van der Waals surface area contributed by atoms with Crippen LogP contribution in [-0.4, -0.2) is 43.4 Å². The fraction of sp³-hybridized carbons (Fsp3) is 0.381. The Labute approximate surface area is 160 Å². The van der Waals surface area contributed by atoms with Gasteiger partial charge in [0.2, 0.25) is 0 Å². The van der Waals surface area contributed by atoms with Crippen molar-refractivity contribution in [2.75, 3.05) is 18.1 Å². The summed E-state index contributed by atoms with van der Waals surface area (Å²) in [7, 11) is -3.08. The van der Waals surface area contributed by atoms with Crippen molar-refractivity contribution in [2.45, 2.75) is 32.4 Å². The molecule has 2 aromatic carbocycles. The van der Waals surface area contributed by atoms with Crippen molar-refractivity contribution in [1.29, 1.82) is 0 Å². The van der Waals surface area contributed by atoms with Crippen LogP contribution in [-0.2, 0) is 16.4 Å². The van der Waals surface area contributed by atoms with Gasteiger partial charge in [-0.2, -0.15) is 0 Å². The predicted octanol–water partition coefficient (Wildman–Crippen LogP) is 3.30. The second-order valence-electron chi connectivity index (χ2n) is 6.85. The molecular formula is C21H25NO4S. The second kappa shape index (κ2) is 8.57. The third-order valence-corrected chi connectivity index (χ3v) is 6.43. The number of carbonyl (C=O) groups is 1. The molecule has 0 bridgehead atoms. The van der Waals surface area contributed by atoms with Crippen molar-refractivity contribution in [2.24, 2.45) is 0 Å². The topological polar surface area (TPSA) is 63.7 Å². The highest BCUT2D eigenvalue weighted by molar-refractivity contribution is 7.91. The van der Waals surface area contributed by atoms with Crippen molar-refractivity contribution in [1.82, 2.24) is 4.90 Å². The summed E-state index contributed by atoms with van der Waals surface area (Å²) in [6.07, 6.45) is 1.40. The molecule has 3 rings (SSSR count). The van der Waals surface area contributed by atoms with Gasteiger partial charge in [-0.15, -0.1) is 0 Å². The van der Waals surface area contributed by atoms with Gasteiger partial charge in [-0.1, -0.05) is 37.3 Å². The van der Waals surface area contributed by atoms with E-state index in [0.29, 0.717) is 25.1 Å². The molecule has 144 valence electrons. The molecule has 0 unspecified atom stereocenters. The first kappa shape index (κ1) is 19.4. The molecule has 1 aliphatic rings. The lowest BCUT2D eigenvalue weighted by Gasteiger charge is -2.28. The summed E-state index contributed by atoms with van der Waals surface area (Å²) in [5.41, 5.74) is 1.53. The average Bonchev–Trinajstić information content (AvgIpc) is 3.04. The van der Waals surface area contributed by atoms with E-state index in [1.165, 1.54) is 0 Å². The molecular weight excluding hydrogens is 362 g/mol. The monoisotopic (exact) mass is 387 g/mol. The summed E-state index contributed by atoms with van der Waals surface area (Å²) in [4.78, 5) is 14.9. The number of rotatable bonds is 7. The van der Waals surface area contributed by atoms with Crippen molar-refractivity contribution in [3.8, 4) is 5.75 Å². The minimum absolute atomic E-state index is 0.0310. The van der Waals surface area contributed by atoms with Crippen LogP contribution in [0.5, 0.6) is 5.75 Å². The molecule has 0 aliphatic carbocycles. The van der Waals surface area contributed by atoms with E-state index in [2.05, 4.69) is 0 Å². The van der Waals surface area contributed by atoms with Crippen LogP contribution in [0.3, 0.4) is 0 Å². The molecule has 1 aliphatic heterocycles. The quantitative estimate of drug-likeness (QED) is 0.731. The van der Waals surface area contributed by atoms with Crippen LogP contribution in [0, 0.1) is 0 Å². The van der Waals surface area contributed by atoms with Crippen molar-refractivity contribution in [3.63, 3.8) is 0 Å². The molecule has 0 radical (unpaired) electrons. The molecule has 5 nitrogen and oxygen atoms in total. The Balaban J connectivity index is 1.82. The standard InChI is InChI=1S/C21H25NO4S/c1-2-13-26-20-10-8-18(9-11-20)21(23)22(15-17-6-4-3-5-7-17)19-12-14-27(24,25)16-19/h3-11,19H,2,12-16H2,1H3/t19-/m1/s1. The molecule has 1 fully saturated rings. The maximum atomic E-state index is 13.2. The minimum Gasteiger partial charge on any atom is -0.494 e. The number of amides is 1. The molecule has 27 heavy (non-hydrogen) atoms. The fourth-order valence-electron chi connectivity index (χ4n) is 3.25. The van der Waals surface area contributed by atoms with Gasteiger partial charge < -0.3 is 9.64 Å². The highest BCUT2D eigenvalue weighted by atomic mass is 32.2. The van der Waals surface area contributed by atoms with Crippen LogP contribution in [0.15, 0.2) is 54.6 Å². The molecule has 0 aromatic heterocycles. The Morgan fingerprint density at radius 3 is 2.41 bits per heavy atom. The van der Waals surface area contributed by atoms with E-state index in [1.54, 1.807) is 29.2 Å². The fourth-order valence-corrected chi connectivity index (χ4v) is 4.98. The summed E-state index contributed by atoms with van der Waals surface area (Å²) >= 11 is 0. The van der Waals surface area contributed by atoms with Crippen molar-refractivity contribution >= 4 is 15.7 Å². The Kier molecular flexibility index (Phi) is 6.16. The number of benzene rings is 2. The molecule has 2 aromatic rings. The van der Waals surface area contributed by atoms with E-state index >= 15 is 0 Å². The summed E-state index contributed by atoms with van der Waals surface area (Å²) in [6.45, 7) is 3.07. The molecule has 1 amide bonds. The van der Waals surface area contributed by atoms with Crippen LogP contribution >= 0.6 is 0 Å². The summed E-state index contributed by atoms with van der Waals surface area (Å²) in [5, 5.41) is 0. The van der Waals surface area contributed by atoms with Crippen LogP contribution in [0.4, 0.5) is 0 Å². The second-order valence-corrected chi connectivity index (χ2v) is 9.08. The smallest absolute Gasteiger partial charge is 0.254 e. The third kappa shape index (κ3) is 5.10. The Morgan fingerprint density at radius 1 is 1.11 bits per heavy atom. The lowest BCUT2D eigenvalue weighted by molar-refractivity contribution is 0.0681. The summed E-state index contributed by atoms with van der Waals surface area (Å²) < 4.78 is 29.5. The molecule has 0 saturated carbocycles. The zero-order chi connectivity index (χ0) is 19.3. The van der Waals surface area contributed by atoms with Crippen LogP contribution in [0.25, 0.3) is 0 Å². The average molecular weight is 388 g/mol. The maximum Gasteiger partial charge on any atom is 0.254 e. The maximum absolute atomic E-state index is 13.2. The van der Waals surface area contributed by atoms with E-state index in [4.69, 9.17) is 4.74 Å². The molecule has 1 heterocycles. The van der Waals surface area contributed by atoms with Gasteiger partial charge in [-0.25, -0.2) is 8.42 Å². The lowest BCUT2D eigenvalue weighted by Crippen LogP contribution is -2.40. The van der Waals surface area contributed by atoms with Gasteiger partial charge in [-0.3, -0.25) is 4.79 Å². The number of hydrogen-bond acceptors (Lipinski definition) is 4. The summed E-state index contributed by atoms with van der Waals surface area (Å²) in [6, 6.07) is 16.4. The van der Waals surface area contributed by atoms with Crippen molar-refractivity contribution < 1.29 is 17.9 Å². The van der Waals surface area contributed by atoms with E-state index in [0.717, 1.165) is 17.7 Å². The van der Waals surface area contributed by atoms with Gasteiger partial charge in [0.25, 0.3) is 5.91 Å². The Bertz CT molecular complexity index is 863. The van der Waals surface area contributed by atoms with Gasteiger partial charge in [0.15, 0.2) is 9.84 Å². The third-order valence-electron chi connectivity index (χ3n) is 4.68. The molecule has 0 spiro atoms. The molecule has 1 atom stereocenters. The molecule has 6 heteroatoms. The Hall–Kier alpha value is -2.34. The first-order valence-electron chi connectivity index (χ1n) is 9.26. The SMILES string of the molecule is CCCOc1ccc(C(=O)N(Cc2ccccc2)[C@@H]2CCS(=O)(=O)C2)cc1. The van der Waals surface area contributed by atoms with Gasteiger partial charge in [0.05, 0.1) is 18.1 Å². The number of hydrogen-bond donors (Lipinski definition) is 0. The van der Waals surface area contributed by atoms with E-state index < -0.39 is 9.84 Å². The Morgan fingerprint density at radius 2 is 1.81 bits per heavy atom. The van der Waals surface area contributed by atoms with E-state index in [1.807, 2.05) is 37.3 Å². The van der Waals surface area contributed by atoms with Crippen molar-refractivity contribution in [3.05, 3.63) is 65.7 Å². The largest absolute Gasteiger partial charge is 0.494 e. The number of carbonyl (C=O) groups excluding carboxylic acids is 1. The zero-order valence-electron chi connectivity index (χ0n) is 15.5.